The highest BCUT2D eigenvalue weighted by molar-refractivity contribution is 8.00. The zero-order valence-electron chi connectivity index (χ0n) is 15.8. The summed E-state index contributed by atoms with van der Waals surface area (Å²) in [5.41, 5.74) is 1.75. The Kier molecular flexibility index (Phi) is 5.29. The van der Waals surface area contributed by atoms with Crippen molar-refractivity contribution in [1.29, 1.82) is 0 Å². The van der Waals surface area contributed by atoms with Gasteiger partial charge < -0.3 is 9.64 Å². The molecule has 0 radical (unpaired) electrons. The number of para-hydroxylation sites is 1. The van der Waals surface area contributed by atoms with E-state index in [2.05, 4.69) is 28.4 Å². The van der Waals surface area contributed by atoms with E-state index in [0.29, 0.717) is 17.6 Å². The van der Waals surface area contributed by atoms with Crippen molar-refractivity contribution in [3.05, 3.63) is 48.5 Å². The molecule has 7 nitrogen and oxygen atoms in total. The van der Waals surface area contributed by atoms with Gasteiger partial charge in [-0.05, 0) is 35.9 Å². The number of carbonyl (C=O) groups is 1. The minimum atomic E-state index is -0.0447. The summed E-state index contributed by atoms with van der Waals surface area (Å²) >= 11 is 1.81. The molecular weight excluding hydrogens is 374 g/mol. The SMILES string of the molecule is COc1cccc(-c2nnn(CC(=O)N3CC[C@@H](C)Sc4ccccc43)n2)c1. The van der Waals surface area contributed by atoms with Crippen molar-refractivity contribution in [2.24, 2.45) is 0 Å². The number of hydrogen-bond acceptors (Lipinski definition) is 6. The molecule has 1 amide bonds. The lowest BCUT2D eigenvalue weighted by Gasteiger charge is -2.22. The summed E-state index contributed by atoms with van der Waals surface area (Å²) < 4.78 is 5.24. The fourth-order valence-corrected chi connectivity index (χ4v) is 4.25. The monoisotopic (exact) mass is 395 g/mol. The van der Waals surface area contributed by atoms with Crippen LogP contribution in [0.5, 0.6) is 5.75 Å². The number of anilines is 1. The van der Waals surface area contributed by atoms with E-state index in [4.69, 9.17) is 4.74 Å². The normalized spacial score (nSPS) is 16.4. The Morgan fingerprint density at radius 1 is 1.25 bits per heavy atom. The summed E-state index contributed by atoms with van der Waals surface area (Å²) in [7, 11) is 1.61. The predicted molar refractivity (Wildman–Crippen MR) is 109 cm³/mol. The van der Waals surface area contributed by atoms with Gasteiger partial charge in [-0.2, -0.15) is 4.80 Å². The molecule has 8 heteroatoms. The average Bonchev–Trinajstić information content (AvgIpc) is 3.10. The van der Waals surface area contributed by atoms with Crippen LogP contribution in [0.4, 0.5) is 5.69 Å². The van der Waals surface area contributed by atoms with Crippen molar-refractivity contribution in [3.8, 4) is 17.1 Å². The Bertz CT molecular complexity index is 990. The Morgan fingerprint density at radius 2 is 2.11 bits per heavy atom. The van der Waals surface area contributed by atoms with E-state index < -0.39 is 0 Å². The summed E-state index contributed by atoms with van der Waals surface area (Å²) in [5.74, 6) is 1.14. The summed E-state index contributed by atoms with van der Waals surface area (Å²) in [5, 5.41) is 13.0. The number of amides is 1. The van der Waals surface area contributed by atoms with E-state index >= 15 is 0 Å². The minimum Gasteiger partial charge on any atom is -0.497 e. The van der Waals surface area contributed by atoms with Gasteiger partial charge in [0.2, 0.25) is 5.82 Å². The van der Waals surface area contributed by atoms with Crippen molar-refractivity contribution in [1.82, 2.24) is 20.2 Å². The predicted octanol–water partition coefficient (Wildman–Crippen LogP) is 3.27. The molecule has 0 aliphatic carbocycles. The van der Waals surface area contributed by atoms with E-state index in [0.717, 1.165) is 28.3 Å². The number of methoxy groups -OCH3 is 1. The van der Waals surface area contributed by atoms with Crippen LogP contribution in [0, 0.1) is 0 Å². The molecule has 4 rings (SSSR count). The molecule has 1 atom stereocenters. The van der Waals surface area contributed by atoms with E-state index in [1.54, 1.807) is 7.11 Å². The molecule has 0 fully saturated rings. The summed E-state index contributed by atoms with van der Waals surface area (Å²) in [4.78, 5) is 17.3. The lowest BCUT2D eigenvalue weighted by atomic mass is 10.2. The molecule has 28 heavy (non-hydrogen) atoms. The van der Waals surface area contributed by atoms with Gasteiger partial charge in [0.25, 0.3) is 5.91 Å². The molecule has 1 aliphatic rings. The molecule has 144 valence electrons. The number of hydrogen-bond donors (Lipinski definition) is 0. The number of aromatic nitrogens is 4. The second-order valence-electron chi connectivity index (χ2n) is 6.61. The van der Waals surface area contributed by atoms with Crippen molar-refractivity contribution in [3.63, 3.8) is 0 Å². The van der Waals surface area contributed by atoms with E-state index in [-0.39, 0.29) is 12.5 Å². The maximum absolute atomic E-state index is 13.0. The minimum absolute atomic E-state index is 0.0447. The molecule has 2 aromatic carbocycles. The van der Waals surface area contributed by atoms with E-state index in [1.807, 2.05) is 59.1 Å². The number of thioether (sulfide) groups is 1. The Balaban J connectivity index is 1.54. The molecule has 1 aliphatic heterocycles. The highest BCUT2D eigenvalue weighted by Crippen LogP contribution is 2.37. The molecule has 0 spiro atoms. The number of tetrazole rings is 1. The van der Waals surface area contributed by atoms with Crippen LogP contribution in [0.25, 0.3) is 11.4 Å². The number of ether oxygens (including phenoxy) is 1. The smallest absolute Gasteiger partial charge is 0.250 e. The molecule has 0 N–H and O–H groups in total. The lowest BCUT2D eigenvalue weighted by Crippen LogP contribution is -2.35. The zero-order chi connectivity index (χ0) is 19.5. The first-order chi connectivity index (χ1) is 13.6. The second-order valence-corrected chi connectivity index (χ2v) is 8.09. The molecule has 0 saturated carbocycles. The first kappa shape index (κ1) is 18.5. The molecule has 0 unspecified atom stereocenters. The molecular formula is C20H21N5O2S. The Labute approximate surface area is 167 Å². The maximum atomic E-state index is 13.0. The standard InChI is InChI=1S/C20H21N5O2S/c1-14-10-11-24(17-8-3-4-9-18(17)28-14)19(26)13-25-22-20(21-23-25)15-6-5-7-16(12-15)27-2/h3-9,12,14H,10-11,13H2,1-2H3/t14-/m1/s1. The summed E-state index contributed by atoms with van der Waals surface area (Å²) in [6.07, 6.45) is 0.935. The molecule has 1 aromatic heterocycles. The Morgan fingerprint density at radius 3 is 2.96 bits per heavy atom. The van der Waals surface area contributed by atoms with Crippen molar-refractivity contribution in [2.75, 3.05) is 18.6 Å². The van der Waals surface area contributed by atoms with Crippen molar-refractivity contribution >= 4 is 23.4 Å². The highest BCUT2D eigenvalue weighted by Gasteiger charge is 2.24. The highest BCUT2D eigenvalue weighted by atomic mass is 32.2. The van der Waals surface area contributed by atoms with Gasteiger partial charge in [-0.3, -0.25) is 4.79 Å². The topological polar surface area (TPSA) is 73.1 Å². The summed E-state index contributed by atoms with van der Waals surface area (Å²) in [6.45, 7) is 2.92. The molecule has 0 saturated heterocycles. The zero-order valence-corrected chi connectivity index (χ0v) is 16.6. The third kappa shape index (κ3) is 3.87. The quantitative estimate of drug-likeness (QED) is 0.675. The van der Waals surface area contributed by atoms with Gasteiger partial charge in [-0.15, -0.1) is 22.0 Å². The first-order valence-electron chi connectivity index (χ1n) is 9.12. The fraction of sp³-hybridized carbons (Fsp3) is 0.300. The third-order valence-corrected chi connectivity index (χ3v) is 5.84. The van der Waals surface area contributed by atoms with Gasteiger partial charge >= 0.3 is 0 Å². The maximum Gasteiger partial charge on any atom is 0.250 e. The van der Waals surface area contributed by atoms with E-state index in [9.17, 15) is 4.79 Å². The molecule has 0 bridgehead atoms. The molecule has 2 heterocycles. The van der Waals surface area contributed by atoms with Crippen LogP contribution >= 0.6 is 11.8 Å². The Hall–Kier alpha value is -2.87. The molecule has 3 aromatic rings. The lowest BCUT2D eigenvalue weighted by molar-refractivity contribution is -0.119. The van der Waals surface area contributed by atoms with Gasteiger partial charge in [0.1, 0.15) is 12.3 Å². The number of fused-ring (bicyclic) bond motifs is 1. The number of nitrogens with zero attached hydrogens (tertiary/aromatic N) is 5. The van der Waals surface area contributed by atoms with Crippen LogP contribution in [0.2, 0.25) is 0 Å². The van der Waals surface area contributed by atoms with Crippen LogP contribution in [0.3, 0.4) is 0 Å². The average molecular weight is 395 g/mol. The van der Waals surface area contributed by atoms with Gasteiger partial charge in [0.05, 0.1) is 12.8 Å². The van der Waals surface area contributed by atoms with Crippen LogP contribution < -0.4 is 9.64 Å². The number of carbonyl (C=O) groups excluding carboxylic acids is 1. The van der Waals surface area contributed by atoms with Crippen LogP contribution in [0.1, 0.15) is 13.3 Å². The summed E-state index contributed by atoms with van der Waals surface area (Å²) in [6, 6.07) is 15.5. The van der Waals surface area contributed by atoms with Crippen LogP contribution in [0.15, 0.2) is 53.4 Å². The van der Waals surface area contributed by atoms with Gasteiger partial charge in [-0.1, -0.05) is 31.2 Å². The first-order valence-corrected chi connectivity index (χ1v) is 10.0. The van der Waals surface area contributed by atoms with Crippen molar-refractivity contribution in [2.45, 2.75) is 30.0 Å². The number of rotatable bonds is 4. The van der Waals surface area contributed by atoms with Gasteiger partial charge in [0.15, 0.2) is 0 Å². The largest absolute Gasteiger partial charge is 0.497 e. The second kappa shape index (κ2) is 8.02. The van der Waals surface area contributed by atoms with Gasteiger partial charge in [-0.25, -0.2) is 0 Å². The third-order valence-electron chi connectivity index (χ3n) is 4.60. The van der Waals surface area contributed by atoms with Crippen LogP contribution in [-0.4, -0.2) is 45.0 Å². The van der Waals surface area contributed by atoms with Gasteiger partial charge in [0, 0.05) is 22.3 Å². The number of benzene rings is 2. The fourth-order valence-electron chi connectivity index (χ4n) is 3.14. The van der Waals surface area contributed by atoms with Crippen molar-refractivity contribution < 1.29 is 9.53 Å². The van der Waals surface area contributed by atoms with E-state index in [1.165, 1.54) is 4.80 Å². The van der Waals surface area contributed by atoms with Crippen LogP contribution in [-0.2, 0) is 11.3 Å².